The fourth-order valence-electron chi connectivity index (χ4n) is 4.33. The molecule has 0 bridgehead atoms. The van der Waals surface area contributed by atoms with E-state index in [4.69, 9.17) is 9.84 Å². The third kappa shape index (κ3) is 4.37. The first kappa shape index (κ1) is 21.6. The normalized spacial score (nSPS) is 15.3. The Kier molecular flexibility index (Phi) is 5.88. The molecule has 8 nitrogen and oxygen atoms in total. The number of fused-ring (bicyclic) bond motifs is 1. The second-order valence-corrected chi connectivity index (χ2v) is 9.44. The summed E-state index contributed by atoms with van der Waals surface area (Å²) in [5.41, 5.74) is 5.54. The molecule has 0 N–H and O–H groups in total. The van der Waals surface area contributed by atoms with Gasteiger partial charge in [0.25, 0.3) is 11.8 Å². The topological polar surface area (TPSA) is 80.6 Å². The summed E-state index contributed by atoms with van der Waals surface area (Å²) in [6.45, 7) is 2.22. The number of aromatic nitrogens is 3. The van der Waals surface area contributed by atoms with Crippen molar-refractivity contribution in [2.75, 3.05) is 20.7 Å². The number of para-hydroxylation sites is 1. The molecular weight excluding hydrogens is 438 g/mol. The van der Waals surface area contributed by atoms with Gasteiger partial charge in [0.1, 0.15) is 5.75 Å². The van der Waals surface area contributed by atoms with Crippen LogP contribution in [0.5, 0.6) is 5.75 Å². The van der Waals surface area contributed by atoms with E-state index in [9.17, 15) is 9.59 Å². The molecule has 0 saturated heterocycles. The zero-order valence-electron chi connectivity index (χ0n) is 18.9. The van der Waals surface area contributed by atoms with Crippen LogP contribution in [0.25, 0.3) is 0 Å². The second-order valence-electron chi connectivity index (χ2n) is 8.72. The summed E-state index contributed by atoms with van der Waals surface area (Å²) in [6.07, 6.45) is 3.10. The lowest BCUT2D eigenvalue weighted by Crippen LogP contribution is -2.37. The van der Waals surface area contributed by atoms with Crippen molar-refractivity contribution >= 4 is 23.2 Å². The minimum Gasteiger partial charge on any atom is -0.496 e. The molecule has 33 heavy (non-hydrogen) atoms. The molecule has 5 rings (SSSR count). The van der Waals surface area contributed by atoms with E-state index in [1.807, 2.05) is 22.2 Å². The van der Waals surface area contributed by atoms with E-state index in [0.29, 0.717) is 49.0 Å². The van der Waals surface area contributed by atoms with Crippen molar-refractivity contribution in [3.05, 3.63) is 63.4 Å². The van der Waals surface area contributed by atoms with E-state index < -0.39 is 0 Å². The highest BCUT2D eigenvalue weighted by Crippen LogP contribution is 2.33. The Labute approximate surface area is 196 Å². The van der Waals surface area contributed by atoms with Gasteiger partial charge in [-0.05, 0) is 30.9 Å². The summed E-state index contributed by atoms with van der Waals surface area (Å²) < 4.78 is 7.41. The summed E-state index contributed by atoms with van der Waals surface area (Å²) in [5, 5.41) is 6.71. The van der Waals surface area contributed by atoms with Crippen molar-refractivity contribution in [1.82, 2.24) is 24.6 Å². The van der Waals surface area contributed by atoms with Crippen LogP contribution in [0, 0.1) is 5.92 Å². The number of nitrogens with zero attached hydrogens (tertiary/aromatic N) is 5. The van der Waals surface area contributed by atoms with Gasteiger partial charge >= 0.3 is 0 Å². The molecule has 3 aromatic rings. The third-order valence-electron chi connectivity index (χ3n) is 6.32. The molecule has 1 aliphatic heterocycles. The predicted octanol–water partition coefficient (Wildman–Crippen LogP) is 3.23. The molecule has 1 fully saturated rings. The van der Waals surface area contributed by atoms with Crippen molar-refractivity contribution in [3.63, 3.8) is 0 Å². The van der Waals surface area contributed by atoms with E-state index in [1.165, 1.54) is 24.2 Å². The van der Waals surface area contributed by atoms with Gasteiger partial charge in [-0.2, -0.15) is 5.10 Å². The molecule has 0 spiro atoms. The first-order chi connectivity index (χ1) is 16.0. The number of rotatable bonds is 7. The van der Waals surface area contributed by atoms with Gasteiger partial charge in [-0.3, -0.25) is 14.3 Å². The summed E-state index contributed by atoms with van der Waals surface area (Å²) in [5.74, 6) is 0.956. The molecule has 9 heteroatoms. The van der Waals surface area contributed by atoms with Crippen LogP contribution in [-0.2, 0) is 26.1 Å². The molecule has 0 radical (unpaired) electrons. The molecule has 1 saturated carbocycles. The number of methoxy groups -OCH3 is 1. The summed E-state index contributed by atoms with van der Waals surface area (Å²) in [7, 11) is 3.34. The van der Waals surface area contributed by atoms with Crippen molar-refractivity contribution in [1.29, 1.82) is 0 Å². The molecule has 3 heterocycles. The predicted molar refractivity (Wildman–Crippen MR) is 124 cm³/mol. The molecule has 1 aliphatic carbocycles. The molecule has 2 amide bonds. The molecule has 0 atom stereocenters. The van der Waals surface area contributed by atoms with Crippen LogP contribution in [0.3, 0.4) is 0 Å². The van der Waals surface area contributed by atoms with Crippen LogP contribution in [-0.4, -0.2) is 57.1 Å². The number of ether oxygens (including phenoxy) is 1. The van der Waals surface area contributed by atoms with Gasteiger partial charge in [-0.25, -0.2) is 4.98 Å². The number of carbonyl (C=O) groups is 2. The highest BCUT2D eigenvalue weighted by molar-refractivity contribution is 7.07. The van der Waals surface area contributed by atoms with E-state index in [-0.39, 0.29) is 11.8 Å². The van der Waals surface area contributed by atoms with Crippen LogP contribution in [0.2, 0.25) is 0 Å². The highest BCUT2D eigenvalue weighted by atomic mass is 32.1. The molecule has 0 unspecified atom stereocenters. The standard InChI is InChI=1S/C24H27N5O3S/c1-27(12-17-14-33-15-25-17)24(31)22-19-13-28(23(30)18-5-3-4-6-21(18)32-2)10-9-20(19)29(26-22)11-16-7-8-16/h3-6,14-16H,7-13H2,1-2H3. The summed E-state index contributed by atoms with van der Waals surface area (Å²) in [4.78, 5) is 34.5. The Hall–Kier alpha value is -3.20. The van der Waals surface area contributed by atoms with E-state index in [2.05, 4.69) is 4.98 Å². The monoisotopic (exact) mass is 465 g/mol. The number of thiazole rings is 1. The third-order valence-corrected chi connectivity index (χ3v) is 6.95. The maximum atomic E-state index is 13.4. The van der Waals surface area contributed by atoms with E-state index in [1.54, 1.807) is 41.6 Å². The fourth-order valence-corrected chi connectivity index (χ4v) is 4.88. The second kappa shape index (κ2) is 8.97. The smallest absolute Gasteiger partial charge is 0.274 e. The SMILES string of the molecule is COc1ccccc1C(=O)N1CCc2c(c(C(=O)N(C)Cc3cscn3)nn2CC2CC2)C1. The van der Waals surface area contributed by atoms with Crippen molar-refractivity contribution < 1.29 is 14.3 Å². The Balaban J connectivity index is 1.43. The van der Waals surface area contributed by atoms with Gasteiger partial charge in [0.2, 0.25) is 0 Å². The number of hydrogen-bond donors (Lipinski definition) is 0. The van der Waals surface area contributed by atoms with E-state index in [0.717, 1.165) is 23.5 Å². The molecule has 172 valence electrons. The van der Waals surface area contributed by atoms with Crippen molar-refractivity contribution in [2.24, 2.45) is 5.92 Å². The lowest BCUT2D eigenvalue weighted by Gasteiger charge is -2.28. The Bertz CT molecular complexity index is 1170. The van der Waals surface area contributed by atoms with Crippen molar-refractivity contribution in [2.45, 2.75) is 38.9 Å². The lowest BCUT2D eigenvalue weighted by molar-refractivity contribution is 0.0718. The zero-order chi connectivity index (χ0) is 22.9. The van der Waals surface area contributed by atoms with Crippen LogP contribution in [0.1, 0.15) is 50.6 Å². The fraction of sp³-hybridized carbons (Fsp3) is 0.417. The van der Waals surface area contributed by atoms with Gasteiger partial charge in [0.15, 0.2) is 5.69 Å². The minimum atomic E-state index is -0.139. The van der Waals surface area contributed by atoms with Gasteiger partial charge in [-0.1, -0.05) is 12.1 Å². The maximum Gasteiger partial charge on any atom is 0.274 e. The first-order valence-electron chi connectivity index (χ1n) is 11.2. The van der Waals surface area contributed by atoms with Gasteiger partial charge in [-0.15, -0.1) is 11.3 Å². The first-order valence-corrected chi connectivity index (χ1v) is 12.1. The quantitative estimate of drug-likeness (QED) is 0.535. The Morgan fingerprint density at radius 3 is 2.82 bits per heavy atom. The Morgan fingerprint density at radius 2 is 2.09 bits per heavy atom. The maximum absolute atomic E-state index is 13.4. The zero-order valence-corrected chi connectivity index (χ0v) is 19.7. The van der Waals surface area contributed by atoms with Gasteiger partial charge < -0.3 is 14.5 Å². The van der Waals surface area contributed by atoms with Gasteiger partial charge in [0, 0.05) is 43.2 Å². The average molecular weight is 466 g/mol. The van der Waals surface area contributed by atoms with Crippen LogP contribution >= 0.6 is 11.3 Å². The average Bonchev–Trinajstić information content (AvgIpc) is 3.38. The van der Waals surface area contributed by atoms with E-state index >= 15 is 0 Å². The van der Waals surface area contributed by atoms with Gasteiger partial charge in [0.05, 0.1) is 37.0 Å². The number of carbonyl (C=O) groups excluding carboxylic acids is 2. The van der Waals surface area contributed by atoms with Crippen molar-refractivity contribution in [3.8, 4) is 5.75 Å². The van der Waals surface area contributed by atoms with Crippen LogP contribution < -0.4 is 4.74 Å². The number of hydrogen-bond acceptors (Lipinski definition) is 6. The highest BCUT2D eigenvalue weighted by Gasteiger charge is 2.34. The lowest BCUT2D eigenvalue weighted by atomic mass is 10.0. The number of benzene rings is 1. The molecule has 1 aromatic carbocycles. The summed E-state index contributed by atoms with van der Waals surface area (Å²) >= 11 is 1.51. The largest absolute Gasteiger partial charge is 0.496 e. The van der Waals surface area contributed by atoms with Crippen LogP contribution in [0.15, 0.2) is 35.2 Å². The molecule has 2 aromatic heterocycles. The Morgan fingerprint density at radius 1 is 1.27 bits per heavy atom. The minimum absolute atomic E-state index is 0.0951. The molecular formula is C24H27N5O3S. The number of amides is 2. The molecule has 2 aliphatic rings. The summed E-state index contributed by atoms with van der Waals surface area (Å²) in [6, 6.07) is 7.25. The van der Waals surface area contributed by atoms with Crippen LogP contribution in [0.4, 0.5) is 0 Å².